The van der Waals surface area contributed by atoms with Crippen molar-refractivity contribution in [3.63, 3.8) is 0 Å². The number of sulfonamides is 1. The van der Waals surface area contributed by atoms with Crippen molar-refractivity contribution in [1.29, 1.82) is 0 Å². The molecule has 2 rings (SSSR count). The van der Waals surface area contributed by atoms with Gasteiger partial charge < -0.3 is 10.1 Å². The van der Waals surface area contributed by atoms with Gasteiger partial charge in [0.2, 0.25) is 15.9 Å². The molecule has 0 fully saturated rings. The summed E-state index contributed by atoms with van der Waals surface area (Å²) in [6.45, 7) is 0.0603. The quantitative estimate of drug-likeness (QED) is 0.698. The average Bonchev–Trinajstić information content (AvgIpc) is 2.64. The number of amides is 1. The molecule has 0 heterocycles. The van der Waals surface area contributed by atoms with Crippen molar-refractivity contribution in [3.05, 3.63) is 58.1 Å². The Bertz CT molecular complexity index is 902. The summed E-state index contributed by atoms with van der Waals surface area (Å²) in [5.41, 5.74) is 1.03. The van der Waals surface area contributed by atoms with E-state index in [-0.39, 0.29) is 21.5 Å². The molecule has 0 bridgehead atoms. The highest BCUT2D eigenvalue weighted by Crippen LogP contribution is 2.27. The van der Waals surface area contributed by atoms with Gasteiger partial charge in [-0.2, -0.15) is 4.31 Å². The maximum atomic E-state index is 12.6. The van der Waals surface area contributed by atoms with Gasteiger partial charge in [0.15, 0.2) is 0 Å². The first-order valence-corrected chi connectivity index (χ1v) is 10.2. The minimum atomic E-state index is -3.93. The van der Waals surface area contributed by atoms with Crippen LogP contribution in [0.3, 0.4) is 0 Å². The van der Waals surface area contributed by atoms with Gasteiger partial charge in [-0.25, -0.2) is 8.42 Å². The van der Waals surface area contributed by atoms with Crippen LogP contribution in [0.25, 0.3) is 0 Å². The summed E-state index contributed by atoms with van der Waals surface area (Å²) in [7, 11) is -1.02. The second-order valence-electron chi connectivity index (χ2n) is 5.78. The highest BCUT2D eigenvalue weighted by molar-refractivity contribution is 7.89. The van der Waals surface area contributed by atoms with Gasteiger partial charge in [-0.05, 0) is 42.3 Å². The third-order valence-corrected chi connectivity index (χ3v) is 6.36. The molecule has 2 aromatic rings. The Morgan fingerprint density at radius 3 is 2.44 bits per heavy atom. The first kappa shape index (κ1) is 21.5. The maximum Gasteiger partial charge on any atom is 0.244 e. The molecular weight excluding hydrogens is 411 g/mol. The molecule has 2 aromatic carbocycles. The molecule has 146 valence electrons. The number of hydrogen-bond acceptors (Lipinski definition) is 4. The molecule has 0 aliphatic carbocycles. The zero-order valence-electron chi connectivity index (χ0n) is 14.9. The van der Waals surface area contributed by atoms with Crippen LogP contribution >= 0.6 is 23.2 Å². The molecule has 6 nitrogen and oxygen atoms in total. The summed E-state index contributed by atoms with van der Waals surface area (Å²) in [6.07, 6.45) is 0.617. The summed E-state index contributed by atoms with van der Waals surface area (Å²) in [5, 5.41) is 3.00. The third-order valence-electron chi connectivity index (χ3n) is 3.84. The Hall–Kier alpha value is -1.80. The number of ether oxygens (including phenoxy) is 1. The summed E-state index contributed by atoms with van der Waals surface area (Å²) < 4.78 is 31.2. The van der Waals surface area contributed by atoms with E-state index < -0.39 is 15.9 Å². The van der Waals surface area contributed by atoms with Crippen LogP contribution in [0.4, 0.5) is 0 Å². The smallest absolute Gasteiger partial charge is 0.244 e. The molecule has 0 saturated heterocycles. The fourth-order valence-corrected chi connectivity index (χ4v) is 4.18. The van der Waals surface area contributed by atoms with E-state index in [9.17, 15) is 13.2 Å². The van der Waals surface area contributed by atoms with Gasteiger partial charge >= 0.3 is 0 Å². The highest BCUT2D eigenvalue weighted by Gasteiger charge is 2.25. The number of benzene rings is 2. The van der Waals surface area contributed by atoms with Crippen molar-refractivity contribution >= 4 is 39.1 Å². The van der Waals surface area contributed by atoms with Gasteiger partial charge in [-0.15, -0.1) is 0 Å². The van der Waals surface area contributed by atoms with Crippen molar-refractivity contribution in [1.82, 2.24) is 9.62 Å². The van der Waals surface area contributed by atoms with Crippen LogP contribution in [0, 0.1) is 0 Å². The Morgan fingerprint density at radius 1 is 1.15 bits per heavy atom. The number of halogens is 2. The standard InChI is InChI=1S/C18H20Cl2N2O4S/c1-22(27(24,25)17-11-14(19)5-8-16(17)20)12-18(23)21-10-9-13-3-6-15(26-2)7-4-13/h3-8,11H,9-10,12H2,1-2H3,(H,21,23). The Balaban J connectivity index is 1.91. The van der Waals surface area contributed by atoms with Gasteiger partial charge in [-0.1, -0.05) is 35.3 Å². The van der Waals surface area contributed by atoms with E-state index in [2.05, 4.69) is 5.32 Å². The molecule has 1 N–H and O–H groups in total. The van der Waals surface area contributed by atoms with E-state index in [4.69, 9.17) is 27.9 Å². The van der Waals surface area contributed by atoms with Crippen LogP contribution in [-0.2, 0) is 21.2 Å². The molecule has 0 atom stereocenters. The monoisotopic (exact) mass is 430 g/mol. The van der Waals surface area contributed by atoms with Crippen molar-refractivity contribution in [2.75, 3.05) is 27.2 Å². The van der Waals surface area contributed by atoms with Crippen molar-refractivity contribution in [2.45, 2.75) is 11.3 Å². The molecule has 0 aromatic heterocycles. The lowest BCUT2D eigenvalue weighted by Gasteiger charge is -2.18. The number of hydrogen-bond donors (Lipinski definition) is 1. The molecule has 0 unspecified atom stereocenters. The van der Waals surface area contributed by atoms with E-state index in [0.717, 1.165) is 15.6 Å². The van der Waals surface area contributed by atoms with E-state index >= 15 is 0 Å². The first-order valence-electron chi connectivity index (χ1n) is 8.05. The van der Waals surface area contributed by atoms with Gasteiger partial charge in [-0.3, -0.25) is 4.79 Å². The minimum absolute atomic E-state index is 0.0474. The lowest BCUT2D eigenvalue weighted by molar-refractivity contribution is -0.121. The third kappa shape index (κ3) is 5.84. The molecule has 0 spiro atoms. The Morgan fingerprint density at radius 2 is 1.81 bits per heavy atom. The normalized spacial score (nSPS) is 11.4. The number of methoxy groups -OCH3 is 1. The van der Waals surface area contributed by atoms with Gasteiger partial charge in [0.05, 0.1) is 18.7 Å². The van der Waals surface area contributed by atoms with Crippen molar-refractivity contribution < 1.29 is 17.9 Å². The van der Waals surface area contributed by atoms with Crippen LogP contribution in [-0.4, -0.2) is 45.9 Å². The summed E-state index contributed by atoms with van der Waals surface area (Å²) in [6, 6.07) is 11.6. The molecule has 1 amide bonds. The van der Waals surface area contributed by atoms with E-state index in [1.54, 1.807) is 7.11 Å². The number of likely N-dealkylation sites (N-methyl/N-ethyl adjacent to an activating group) is 1. The number of carbonyl (C=O) groups is 1. The zero-order valence-corrected chi connectivity index (χ0v) is 17.2. The predicted octanol–water partition coefficient (Wildman–Crippen LogP) is 2.98. The molecule has 0 aliphatic heterocycles. The van der Waals surface area contributed by atoms with Gasteiger partial charge in [0.1, 0.15) is 10.6 Å². The maximum absolute atomic E-state index is 12.6. The molecule has 0 radical (unpaired) electrons. The SMILES string of the molecule is COc1ccc(CCNC(=O)CN(C)S(=O)(=O)c2cc(Cl)ccc2Cl)cc1. The summed E-state index contributed by atoms with van der Waals surface area (Å²) in [5.74, 6) is 0.349. The van der Waals surface area contributed by atoms with E-state index in [1.165, 1.54) is 25.2 Å². The van der Waals surface area contributed by atoms with Crippen LogP contribution in [0.5, 0.6) is 5.75 Å². The number of nitrogens with zero attached hydrogens (tertiary/aromatic N) is 1. The van der Waals surface area contributed by atoms with Crippen LogP contribution in [0.2, 0.25) is 10.0 Å². The Kier molecular flexibility index (Phi) is 7.49. The molecule has 0 saturated carbocycles. The molecule has 0 aliphatic rings. The number of carbonyl (C=O) groups excluding carboxylic acids is 1. The van der Waals surface area contributed by atoms with Crippen LogP contribution in [0.1, 0.15) is 5.56 Å². The van der Waals surface area contributed by atoms with Gasteiger partial charge in [0, 0.05) is 18.6 Å². The second kappa shape index (κ2) is 9.41. The van der Waals surface area contributed by atoms with Crippen molar-refractivity contribution in [3.8, 4) is 5.75 Å². The van der Waals surface area contributed by atoms with E-state index in [0.29, 0.717) is 13.0 Å². The Labute approximate surface area is 169 Å². The van der Waals surface area contributed by atoms with Crippen LogP contribution in [0.15, 0.2) is 47.4 Å². The minimum Gasteiger partial charge on any atom is -0.497 e. The number of nitrogens with one attached hydrogen (secondary N) is 1. The van der Waals surface area contributed by atoms with Crippen LogP contribution < -0.4 is 10.1 Å². The zero-order chi connectivity index (χ0) is 20.0. The van der Waals surface area contributed by atoms with E-state index in [1.807, 2.05) is 24.3 Å². The fraction of sp³-hybridized carbons (Fsp3) is 0.278. The fourth-order valence-electron chi connectivity index (χ4n) is 2.32. The molecule has 9 heteroatoms. The molecular formula is C18H20Cl2N2O4S. The lowest BCUT2D eigenvalue weighted by atomic mass is 10.1. The average molecular weight is 431 g/mol. The summed E-state index contributed by atoms with van der Waals surface area (Å²) >= 11 is 11.8. The first-order chi connectivity index (χ1) is 12.7. The second-order valence-corrected chi connectivity index (χ2v) is 8.64. The lowest BCUT2D eigenvalue weighted by Crippen LogP contribution is -2.39. The highest BCUT2D eigenvalue weighted by atomic mass is 35.5. The summed E-state index contributed by atoms with van der Waals surface area (Å²) in [4.78, 5) is 11.9. The predicted molar refractivity (Wildman–Crippen MR) is 106 cm³/mol. The van der Waals surface area contributed by atoms with Crippen molar-refractivity contribution in [2.24, 2.45) is 0 Å². The topological polar surface area (TPSA) is 75.7 Å². The van der Waals surface area contributed by atoms with Gasteiger partial charge in [0.25, 0.3) is 0 Å². The molecule has 27 heavy (non-hydrogen) atoms. The number of rotatable bonds is 8. The largest absolute Gasteiger partial charge is 0.497 e.